The molecule has 1 aliphatic heterocycles. The Hall–Kier alpha value is -2.13. The van der Waals surface area contributed by atoms with Gasteiger partial charge in [-0.05, 0) is 55.2 Å². The van der Waals surface area contributed by atoms with E-state index >= 15 is 0 Å². The summed E-state index contributed by atoms with van der Waals surface area (Å²) in [4.78, 5) is 15.3. The monoisotopic (exact) mass is 348 g/mol. The number of fused-ring (bicyclic) bond motifs is 1. The lowest BCUT2D eigenvalue weighted by molar-refractivity contribution is -0.134. The number of benzene rings is 2. The molecule has 3 heteroatoms. The van der Waals surface area contributed by atoms with Crippen LogP contribution in [-0.4, -0.2) is 29.9 Å². The molecule has 1 aliphatic carbocycles. The number of nitrogens with one attached hydrogen (secondary N) is 1. The molecule has 1 amide bonds. The minimum atomic E-state index is -0.232. The van der Waals surface area contributed by atoms with Gasteiger partial charge in [0, 0.05) is 19.1 Å². The molecule has 2 aromatic rings. The number of hydrogen-bond donors (Lipinski definition) is 1. The van der Waals surface area contributed by atoms with Gasteiger partial charge in [-0.1, -0.05) is 54.6 Å². The van der Waals surface area contributed by atoms with Crippen LogP contribution in [-0.2, 0) is 17.6 Å². The predicted octanol–water partition coefficient (Wildman–Crippen LogP) is 3.89. The Kier molecular flexibility index (Phi) is 5.35. The van der Waals surface area contributed by atoms with Crippen molar-refractivity contribution >= 4 is 5.91 Å². The zero-order chi connectivity index (χ0) is 17.8. The van der Waals surface area contributed by atoms with E-state index in [1.165, 1.54) is 17.5 Å². The number of amides is 1. The van der Waals surface area contributed by atoms with Gasteiger partial charge in [0.25, 0.3) is 0 Å². The van der Waals surface area contributed by atoms with E-state index in [0.29, 0.717) is 6.04 Å². The molecule has 26 heavy (non-hydrogen) atoms. The minimum Gasteiger partial charge on any atom is -0.341 e. The van der Waals surface area contributed by atoms with Crippen molar-refractivity contribution in [2.45, 2.75) is 50.6 Å². The Balaban J connectivity index is 1.53. The third-order valence-corrected chi connectivity index (χ3v) is 5.80. The molecule has 3 nitrogen and oxygen atoms in total. The van der Waals surface area contributed by atoms with Crippen molar-refractivity contribution in [1.82, 2.24) is 10.2 Å². The molecule has 0 bridgehead atoms. The fourth-order valence-electron chi connectivity index (χ4n) is 4.33. The number of piperidine rings is 1. The molecular weight excluding hydrogens is 320 g/mol. The molecule has 2 unspecified atom stereocenters. The van der Waals surface area contributed by atoms with Gasteiger partial charge in [0.1, 0.15) is 6.04 Å². The van der Waals surface area contributed by atoms with Gasteiger partial charge in [0.2, 0.25) is 5.91 Å². The second-order valence-corrected chi connectivity index (χ2v) is 7.60. The zero-order valence-electron chi connectivity index (χ0n) is 15.4. The van der Waals surface area contributed by atoms with Crippen molar-refractivity contribution in [2.24, 2.45) is 0 Å². The molecule has 4 rings (SSSR count). The molecule has 0 saturated carbocycles. The molecular formula is C23H28N2O. The third kappa shape index (κ3) is 3.83. The normalized spacial score (nSPS) is 21.1. The Morgan fingerprint density at radius 3 is 2.38 bits per heavy atom. The molecule has 1 fully saturated rings. The summed E-state index contributed by atoms with van der Waals surface area (Å²) in [5.41, 5.74) is 3.97. The van der Waals surface area contributed by atoms with Crippen LogP contribution in [0.3, 0.4) is 0 Å². The second-order valence-electron chi connectivity index (χ2n) is 7.60. The average Bonchev–Trinajstić information content (AvgIpc) is 2.73. The molecule has 2 atom stereocenters. The number of rotatable bonds is 4. The number of hydrogen-bond acceptors (Lipinski definition) is 2. The molecule has 0 spiro atoms. The van der Waals surface area contributed by atoms with Crippen LogP contribution in [0.5, 0.6) is 0 Å². The number of nitrogens with zero attached hydrogens (tertiary/aromatic N) is 1. The maximum Gasteiger partial charge on any atom is 0.244 e. The Labute approximate surface area is 156 Å². The highest BCUT2D eigenvalue weighted by molar-refractivity contribution is 5.83. The predicted molar refractivity (Wildman–Crippen MR) is 105 cm³/mol. The average molecular weight is 348 g/mol. The smallest absolute Gasteiger partial charge is 0.244 e. The molecule has 0 aromatic heterocycles. The number of likely N-dealkylation sites (tertiary alicyclic amines) is 1. The first kappa shape index (κ1) is 17.3. The molecule has 0 radical (unpaired) electrons. The molecule has 2 aromatic carbocycles. The maximum absolute atomic E-state index is 13.3. The van der Waals surface area contributed by atoms with Crippen molar-refractivity contribution in [3.63, 3.8) is 0 Å². The van der Waals surface area contributed by atoms with Crippen LogP contribution >= 0.6 is 0 Å². The van der Waals surface area contributed by atoms with E-state index in [4.69, 9.17) is 0 Å². The topological polar surface area (TPSA) is 32.3 Å². The highest BCUT2D eigenvalue weighted by Crippen LogP contribution is 2.25. The largest absolute Gasteiger partial charge is 0.341 e. The van der Waals surface area contributed by atoms with Gasteiger partial charge in [0.15, 0.2) is 0 Å². The first-order valence-electron chi connectivity index (χ1n) is 9.98. The lowest BCUT2D eigenvalue weighted by Crippen LogP contribution is -2.47. The summed E-state index contributed by atoms with van der Waals surface area (Å²) in [7, 11) is 0. The first-order chi connectivity index (χ1) is 12.8. The van der Waals surface area contributed by atoms with Gasteiger partial charge in [-0.15, -0.1) is 0 Å². The fraction of sp³-hybridized carbons (Fsp3) is 0.435. The van der Waals surface area contributed by atoms with Crippen molar-refractivity contribution in [1.29, 1.82) is 0 Å². The van der Waals surface area contributed by atoms with E-state index in [2.05, 4.69) is 46.6 Å². The number of carbonyl (C=O) groups is 1. The van der Waals surface area contributed by atoms with Crippen LogP contribution in [0.25, 0.3) is 0 Å². The summed E-state index contributed by atoms with van der Waals surface area (Å²) >= 11 is 0. The SMILES string of the molecule is O=C(C(NC1CCc2ccccc2C1)c1ccccc1)N1CCCCC1. The van der Waals surface area contributed by atoms with Crippen LogP contribution in [0, 0.1) is 0 Å². The summed E-state index contributed by atoms with van der Waals surface area (Å²) in [6.07, 6.45) is 6.69. The van der Waals surface area contributed by atoms with Crippen LogP contribution in [0.15, 0.2) is 54.6 Å². The van der Waals surface area contributed by atoms with E-state index in [-0.39, 0.29) is 11.9 Å². The molecule has 136 valence electrons. The Morgan fingerprint density at radius 1 is 0.923 bits per heavy atom. The molecule has 2 aliphatic rings. The van der Waals surface area contributed by atoms with Gasteiger partial charge in [-0.25, -0.2) is 0 Å². The van der Waals surface area contributed by atoms with Gasteiger partial charge in [0.05, 0.1) is 0 Å². The van der Waals surface area contributed by atoms with Crippen LogP contribution in [0.1, 0.15) is 48.4 Å². The van der Waals surface area contributed by atoms with Crippen molar-refractivity contribution in [2.75, 3.05) is 13.1 Å². The van der Waals surface area contributed by atoms with Crippen LogP contribution < -0.4 is 5.32 Å². The fourth-order valence-corrected chi connectivity index (χ4v) is 4.33. The van der Waals surface area contributed by atoms with E-state index in [0.717, 1.165) is 50.8 Å². The summed E-state index contributed by atoms with van der Waals surface area (Å²) < 4.78 is 0. The van der Waals surface area contributed by atoms with Crippen LogP contribution in [0.4, 0.5) is 0 Å². The first-order valence-corrected chi connectivity index (χ1v) is 9.98. The Morgan fingerprint density at radius 2 is 1.62 bits per heavy atom. The summed E-state index contributed by atoms with van der Waals surface area (Å²) in [5, 5.41) is 3.72. The standard InChI is InChI=1S/C23H28N2O/c26-23(25-15-7-2-8-16-25)22(19-10-3-1-4-11-19)24-21-14-13-18-9-5-6-12-20(18)17-21/h1,3-6,9-12,21-22,24H,2,7-8,13-17H2. The van der Waals surface area contributed by atoms with E-state index in [9.17, 15) is 4.79 Å². The van der Waals surface area contributed by atoms with Gasteiger partial charge in [-0.3, -0.25) is 10.1 Å². The van der Waals surface area contributed by atoms with Crippen LogP contribution in [0.2, 0.25) is 0 Å². The Bertz CT molecular complexity index is 737. The van der Waals surface area contributed by atoms with Gasteiger partial charge >= 0.3 is 0 Å². The number of aryl methyl sites for hydroxylation is 1. The maximum atomic E-state index is 13.3. The molecule has 1 heterocycles. The van der Waals surface area contributed by atoms with E-state index in [1.54, 1.807) is 0 Å². The van der Waals surface area contributed by atoms with Gasteiger partial charge < -0.3 is 4.90 Å². The summed E-state index contributed by atoms with van der Waals surface area (Å²) in [6.45, 7) is 1.80. The summed E-state index contributed by atoms with van der Waals surface area (Å²) in [5.74, 6) is 0.245. The molecule has 1 N–H and O–H groups in total. The lowest BCUT2D eigenvalue weighted by Gasteiger charge is -2.34. The lowest BCUT2D eigenvalue weighted by atomic mass is 9.87. The summed E-state index contributed by atoms with van der Waals surface area (Å²) in [6, 6.07) is 19.1. The number of carbonyl (C=O) groups excluding carboxylic acids is 1. The van der Waals surface area contributed by atoms with Crippen molar-refractivity contribution in [3.05, 3.63) is 71.3 Å². The highest BCUT2D eigenvalue weighted by Gasteiger charge is 2.30. The zero-order valence-corrected chi connectivity index (χ0v) is 15.4. The van der Waals surface area contributed by atoms with Crippen molar-refractivity contribution < 1.29 is 4.79 Å². The van der Waals surface area contributed by atoms with Gasteiger partial charge in [-0.2, -0.15) is 0 Å². The van der Waals surface area contributed by atoms with Crippen molar-refractivity contribution in [3.8, 4) is 0 Å². The third-order valence-electron chi connectivity index (χ3n) is 5.80. The highest BCUT2D eigenvalue weighted by atomic mass is 16.2. The van der Waals surface area contributed by atoms with E-state index < -0.39 is 0 Å². The minimum absolute atomic E-state index is 0.232. The molecule has 1 saturated heterocycles. The van der Waals surface area contributed by atoms with E-state index in [1.807, 2.05) is 18.2 Å². The quantitative estimate of drug-likeness (QED) is 0.909. The second kappa shape index (κ2) is 8.05.